The number of nitrogens with zero attached hydrogens (tertiary/aromatic N) is 2. The van der Waals surface area contributed by atoms with Crippen molar-refractivity contribution < 1.29 is 0 Å². The van der Waals surface area contributed by atoms with Crippen molar-refractivity contribution in [1.29, 1.82) is 0 Å². The molecular formula is C15H15N3S. The van der Waals surface area contributed by atoms with E-state index in [1.807, 2.05) is 16.6 Å². The number of hydrogen-bond acceptors (Lipinski definition) is 2. The van der Waals surface area contributed by atoms with E-state index in [-0.39, 0.29) is 0 Å². The van der Waals surface area contributed by atoms with Crippen LogP contribution in [0.25, 0.3) is 16.9 Å². The molecule has 3 rings (SSSR count). The first-order chi connectivity index (χ1) is 9.17. The highest BCUT2D eigenvalue weighted by Crippen LogP contribution is 2.20. The van der Waals surface area contributed by atoms with Crippen LogP contribution in [0.1, 0.15) is 18.2 Å². The summed E-state index contributed by atoms with van der Waals surface area (Å²) in [5.74, 6) is 0. The van der Waals surface area contributed by atoms with Crippen LogP contribution in [0, 0.1) is 11.6 Å². The maximum absolute atomic E-state index is 5.39. The molecule has 3 aromatic rings. The maximum atomic E-state index is 5.39. The van der Waals surface area contributed by atoms with Gasteiger partial charge in [-0.15, -0.1) is 0 Å². The number of hydrogen-bond donors (Lipinski definition) is 1. The molecule has 96 valence electrons. The number of aryl methyl sites for hydroxylation is 2. The zero-order valence-corrected chi connectivity index (χ0v) is 11.8. The van der Waals surface area contributed by atoms with Crippen molar-refractivity contribution >= 4 is 17.9 Å². The van der Waals surface area contributed by atoms with Crippen LogP contribution in [0.4, 0.5) is 0 Å². The first-order valence-corrected chi connectivity index (χ1v) is 6.77. The molecule has 4 heteroatoms. The SMILES string of the molecule is CCc1cc(=S)n2[nH]c(-c3cccc(C)c3)cc2n1. The third kappa shape index (κ3) is 2.19. The molecule has 0 aliphatic heterocycles. The summed E-state index contributed by atoms with van der Waals surface area (Å²) in [6, 6.07) is 12.4. The third-order valence-corrected chi connectivity index (χ3v) is 3.50. The molecule has 1 aromatic carbocycles. The van der Waals surface area contributed by atoms with Crippen molar-refractivity contribution in [2.45, 2.75) is 20.3 Å². The van der Waals surface area contributed by atoms with Gasteiger partial charge in [0.05, 0.1) is 5.69 Å². The molecule has 0 radical (unpaired) electrons. The Bertz CT molecular complexity index is 799. The van der Waals surface area contributed by atoms with Gasteiger partial charge in [0, 0.05) is 11.8 Å². The van der Waals surface area contributed by atoms with Crippen LogP contribution in [0.5, 0.6) is 0 Å². The van der Waals surface area contributed by atoms with Gasteiger partial charge in [-0.25, -0.2) is 9.50 Å². The highest BCUT2D eigenvalue weighted by Gasteiger charge is 2.05. The Morgan fingerprint density at radius 2 is 2.11 bits per heavy atom. The average molecular weight is 269 g/mol. The summed E-state index contributed by atoms with van der Waals surface area (Å²) >= 11 is 5.39. The lowest BCUT2D eigenvalue weighted by atomic mass is 10.1. The predicted molar refractivity (Wildman–Crippen MR) is 79.9 cm³/mol. The number of H-pyrrole nitrogens is 1. The van der Waals surface area contributed by atoms with Gasteiger partial charge in [0.2, 0.25) is 0 Å². The first-order valence-electron chi connectivity index (χ1n) is 6.36. The van der Waals surface area contributed by atoms with Gasteiger partial charge in [0.15, 0.2) is 5.65 Å². The van der Waals surface area contributed by atoms with Gasteiger partial charge in [-0.3, -0.25) is 5.10 Å². The number of rotatable bonds is 2. The summed E-state index contributed by atoms with van der Waals surface area (Å²) in [7, 11) is 0. The Kier molecular flexibility index (Phi) is 2.95. The molecule has 19 heavy (non-hydrogen) atoms. The van der Waals surface area contributed by atoms with Gasteiger partial charge in [-0.1, -0.05) is 42.9 Å². The van der Waals surface area contributed by atoms with Crippen molar-refractivity contribution in [2.75, 3.05) is 0 Å². The number of aromatic amines is 1. The fraction of sp³-hybridized carbons (Fsp3) is 0.200. The Morgan fingerprint density at radius 3 is 2.84 bits per heavy atom. The Labute approximate surface area is 116 Å². The van der Waals surface area contributed by atoms with Crippen LogP contribution in [0.3, 0.4) is 0 Å². The zero-order valence-electron chi connectivity index (χ0n) is 11.0. The van der Waals surface area contributed by atoms with Crippen LogP contribution in [0.2, 0.25) is 0 Å². The Hall–Kier alpha value is -1.94. The van der Waals surface area contributed by atoms with E-state index >= 15 is 0 Å². The lowest BCUT2D eigenvalue weighted by Gasteiger charge is -1.99. The molecule has 3 nitrogen and oxygen atoms in total. The van der Waals surface area contributed by atoms with Crippen molar-refractivity contribution in [2.24, 2.45) is 0 Å². The predicted octanol–water partition coefficient (Wildman–Crippen LogP) is 3.93. The lowest BCUT2D eigenvalue weighted by molar-refractivity contribution is 0.901. The van der Waals surface area contributed by atoms with Crippen LogP contribution in [-0.4, -0.2) is 14.6 Å². The molecule has 0 aliphatic rings. The molecule has 2 heterocycles. The normalized spacial score (nSPS) is 11.1. The average Bonchev–Trinajstić information content (AvgIpc) is 2.83. The van der Waals surface area contributed by atoms with E-state index in [4.69, 9.17) is 12.2 Å². The maximum Gasteiger partial charge on any atom is 0.155 e. The van der Waals surface area contributed by atoms with Crippen LogP contribution in [0.15, 0.2) is 36.4 Å². The van der Waals surface area contributed by atoms with Gasteiger partial charge >= 0.3 is 0 Å². The van der Waals surface area contributed by atoms with Crippen molar-refractivity contribution in [3.63, 3.8) is 0 Å². The molecule has 0 amide bonds. The minimum Gasteiger partial charge on any atom is -0.291 e. The second-order valence-electron chi connectivity index (χ2n) is 4.67. The monoisotopic (exact) mass is 269 g/mol. The zero-order chi connectivity index (χ0) is 13.4. The van der Waals surface area contributed by atoms with E-state index in [1.54, 1.807) is 0 Å². The Balaban J connectivity index is 2.22. The molecule has 0 saturated heterocycles. The molecular weight excluding hydrogens is 254 g/mol. The summed E-state index contributed by atoms with van der Waals surface area (Å²) < 4.78 is 2.62. The number of nitrogens with one attached hydrogen (secondary N) is 1. The summed E-state index contributed by atoms with van der Waals surface area (Å²) in [6.45, 7) is 4.17. The molecule has 0 bridgehead atoms. The molecule has 0 aliphatic carbocycles. The molecule has 1 N–H and O–H groups in total. The smallest absolute Gasteiger partial charge is 0.155 e. The number of aromatic nitrogens is 3. The largest absolute Gasteiger partial charge is 0.291 e. The van der Waals surface area contributed by atoms with E-state index < -0.39 is 0 Å². The van der Waals surface area contributed by atoms with E-state index in [9.17, 15) is 0 Å². The summed E-state index contributed by atoms with van der Waals surface area (Å²) in [4.78, 5) is 4.59. The molecule has 0 fully saturated rings. The number of fused-ring (bicyclic) bond motifs is 1. The molecule has 0 saturated carbocycles. The quantitative estimate of drug-likeness (QED) is 0.715. The van der Waals surface area contributed by atoms with E-state index in [1.165, 1.54) is 5.56 Å². The topological polar surface area (TPSA) is 33.1 Å². The summed E-state index contributed by atoms with van der Waals surface area (Å²) in [5.41, 5.74) is 5.33. The van der Waals surface area contributed by atoms with Gasteiger partial charge < -0.3 is 0 Å². The third-order valence-electron chi connectivity index (χ3n) is 3.19. The second-order valence-corrected chi connectivity index (χ2v) is 5.09. The first kappa shape index (κ1) is 12.1. The van der Waals surface area contributed by atoms with Gasteiger partial charge in [0.25, 0.3) is 0 Å². The molecule has 2 aromatic heterocycles. The van der Waals surface area contributed by atoms with Crippen molar-refractivity contribution in [3.8, 4) is 11.3 Å². The van der Waals surface area contributed by atoms with Gasteiger partial charge in [0.1, 0.15) is 4.64 Å². The fourth-order valence-corrected chi connectivity index (χ4v) is 2.46. The lowest BCUT2D eigenvalue weighted by Crippen LogP contribution is -1.95. The Morgan fingerprint density at radius 1 is 1.26 bits per heavy atom. The van der Waals surface area contributed by atoms with E-state index in [0.29, 0.717) is 0 Å². The summed E-state index contributed by atoms with van der Waals surface area (Å²) in [6.07, 6.45) is 0.894. The molecule has 0 atom stereocenters. The highest BCUT2D eigenvalue weighted by molar-refractivity contribution is 7.71. The van der Waals surface area contributed by atoms with Crippen molar-refractivity contribution in [3.05, 3.63) is 52.3 Å². The van der Waals surface area contributed by atoms with Gasteiger partial charge in [-0.05, 0) is 31.0 Å². The van der Waals surface area contributed by atoms with Crippen LogP contribution < -0.4 is 0 Å². The standard InChI is InChI=1S/C15H15N3S/c1-3-12-8-15(19)18-14(16-12)9-13(17-18)11-6-4-5-10(2)7-11/h4-9,17H,3H2,1-2H3. The minimum atomic E-state index is 0.765. The minimum absolute atomic E-state index is 0.765. The van der Waals surface area contributed by atoms with Crippen molar-refractivity contribution in [1.82, 2.24) is 14.6 Å². The van der Waals surface area contributed by atoms with E-state index in [0.717, 1.165) is 33.7 Å². The number of benzene rings is 1. The van der Waals surface area contributed by atoms with E-state index in [2.05, 4.69) is 48.2 Å². The summed E-state index contributed by atoms with van der Waals surface area (Å²) in [5, 5.41) is 3.31. The van der Waals surface area contributed by atoms with Crippen LogP contribution in [-0.2, 0) is 6.42 Å². The van der Waals surface area contributed by atoms with Crippen LogP contribution >= 0.6 is 12.2 Å². The molecule has 0 spiro atoms. The second kappa shape index (κ2) is 4.63. The van der Waals surface area contributed by atoms with Gasteiger partial charge in [-0.2, -0.15) is 0 Å². The molecule has 0 unspecified atom stereocenters. The fourth-order valence-electron chi connectivity index (χ4n) is 2.18. The highest BCUT2D eigenvalue weighted by atomic mass is 32.1.